The Morgan fingerprint density at radius 1 is 1.00 bits per heavy atom. The second-order valence-corrected chi connectivity index (χ2v) is 3.29. The van der Waals surface area contributed by atoms with Crippen molar-refractivity contribution in [2.24, 2.45) is 0 Å². The first-order valence-corrected chi connectivity index (χ1v) is 4.81. The highest BCUT2D eigenvalue weighted by Crippen LogP contribution is 2.07. The molecule has 0 aliphatic heterocycles. The average Bonchev–Trinajstić information content (AvgIpc) is 2.30. The van der Waals surface area contributed by atoms with E-state index < -0.39 is 0 Å². The van der Waals surface area contributed by atoms with E-state index in [0.717, 1.165) is 11.3 Å². The smallest absolute Gasteiger partial charge is 0.233 e. The molecule has 2 aromatic rings. The fourth-order valence-corrected chi connectivity index (χ4v) is 1.20. The summed E-state index contributed by atoms with van der Waals surface area (Å²) >= 11 is 0. The molecule has 0 fully saturated rings. The Hall–Kier alpha value is -1.90. The van der Waals surface area contributed by atoms with Crippen molar-refractivity contribution in [2.45, 2.75) is 13.5 Å². The second kappa shape index (κ2) is 4.55. The number of ether oxygens (including phenoxy) is 1. The van der Waals surface area contributed by atoms with Crippen molar-refractivity contribution >= 4 is 0 Å². The van der Waals surface area contributed by atoms with E-state index in [9.17, 15) is 0 Å². The number of benzene rings is 1. The molecule has 1 aromatic carbocycles. The first-order valence-electron chi connectivity index (χ1n) is 4.81. The maximum Gasteiger partial charge on any atom is 0.233 e. The molecule has 3 heteroatoms. The number of nitrogens with zero attached hydrogens (tertiary/aromatic N) is 2. The molecule has 1 aromatic heterocycles. The lowest BCUT2D eigenvalue weighted by atomic mass is 10.2. The van der Waals surface area contributed by atoms with Crippen molar-refractivity contribution in [2.75, 3.05) is 0 Å². The highest BCUT2D eigenvalue weighted by Gasteiger charge is 1.96. The lowest BCUT2D eigenvalue weighted by molar-refractivity contribution is 0.290. The Balaban J connectivity index is 1.96. The van der Waals surface area contributed by atoms with Gasteiger partial charge in [0, 0.05) is 6.07 Å². The molecule has 0 atom stereocenters. The first-order chi connectivity index (χ1) is 7.34. The molecule has 0 radical (unpaired) electrons. The third kappa shape index (κ3) is 2.77. The predicted octanol–water partition coefficient (Wildman–Crippen LogP) is 2.36. The van der Waals surface area contributed by atoms with Gasteiger partial charge in [0.2, 0.25) is 5.88 Å². The van der Waals surface area contributed by atoms with Crippen LogP contribution in [0.4, 0.5) is 0 Å². The van der Waals surface area contributed by atoms with E-state index in [0.29, 0.717) is 12.5 Å². The predicted molar refractivity (Wildman–Crippen MR) is 57.5 cm³/mol. The maximum atomic E-state index is 5.47. The number of aromatic nitrogens is 2. The summed E-state index contributed by atoms with van der Waals surface area (Å²) in [6, 6.07) is 13.7. The van der Waals surface area contributed by atoms with E-state index in [4.69, 9.17) is 4.74 Å². The Labute approximate surface area is 88.7 Å². The molecule has 3 nitrogen and oxygen atoms in total. The minimum Gasteiger partial charge on any atom is -0.472 e. The van der Waals surface area contributed by atoms with Gasteiger partial charge in [-0.3, -0.25) is 0 Å². The van der Waals surface area contributed by atoms with Gasteiger partial charge in [0.25, 0.3) is 0 Å². The normalized spacial score (nSPS) is 9.93. The summed E-state index contributed by atoms with van der Waals surface area (Å²) < 4.78 is 5.47. The summed E-state index contributed by atoms with van der Waals surface area (Å²) in [6.07, 6.45) is 0. The van der Waals surface area contributed by atoms with Gasteiger partial charge < -0.3 is 4.74 Å². The standard InChI is InChI=1S/C12H12N2O/c1-10-7-8-12(14-13-10)15-9-11-5-3-2-4-6-11/h2-8H,9H2,1H3. The van der Waals surface area contributed by atoms with Crippen LogP contribution in [0.25, 0.3) is 0 Å². The monoisotopic (exact) mass is 200 g/mol. The Morgan fingerprint density at radius 2 is 1.80 bits per heavy atom. The topological polar surface area (TPSA) is 35.0 Å². The van der Waals surface area contributed by atoms with Crippen LogP contribution in [0.3, 0.4) is 0 Å². The highest BCUT2D eigenvalue weighted by atomic mass is 16.5. The molecule has 0 bridgehead atoms. The van der Waals surface area contributed by atoms with E-state index in [2.05, 4.69) is 10.2 Å². The van der Waals surface area contributed by atoms with E-state index in [1.165, 1.54) is 0 Å². The molecule has 0 saturated heterocycles. The van der Waals surface area contributed by atoms with E-state index in [-0.39, 0.29) is 0 Å². The second-order valence-electron chi connectivity index (χ2n) is 3.29. The third-order valence-electron chi connectivity index (χ3n) is 2.00. The van der Waals surface area contributed by atoms with Crippen molar-refractivity contribution in [1.29, 1.82) is 0 Å². The zero-order chi connectivity index (χ0) is 10.5. The molecule has 0 amide bonds. The van der Waals surface area contributed by atoms with Crippen LogP contribution in [0.1, 0.15) is 11.3 Å². The van der Waals surface area contributed by atoms with Gasteiger partial charge in [-0.05, 0) is 18.6 Å². The van der Waals surface area contributed by atoms with Crippen molar-refractivity contribution in [3.8, 4) is 5.88 Å². The highest BCUT2D eigenvalue weighted by molar-refractivity contribution is 5.15. The average molecular weight is 200 g/mol. The van der Waals surface area contributed by atoms with Crippen LogP contribution in [0.15, 0.2) is 42.5 Å². The summed E-state index contributed by atoms with van der Waals surface area (Å²) in [6.45, 7) is 2.42. The van der Waals surface area contributed by atoms with Gasteiger partial charge in [0.15, 0.2) is 0 Å². The minimum atomic E-state index is 0.526. The molecule has 0 N–H and O–H groups in total. The molecule has 0 unspecified atom stereocenters. The summed E-state index contributed by atoms with van der Waals surface area (Å²) in [5, 5.41) is 7.84. The van der Waals surface area contributed by atoms with Crippen LogP contribution in [-0.4, -0.2) is 10.2 Å². The quantitative estimate of drug-likeness (QED) is 0.762. The molecule has 1 heterocycles. The molecule has 76 valence electrons. The summed E-state index contributed by atoms with van der Waals surface area (Å²) in [4.78, 5) is 0. The number of rotatable bonds is 3. The van der Waals surface area contributed by atoms with Crippen LogP contribution in [0, 0.1) is 6.92 Å². The van der Waals surface area contributed by atoms with Crippen molar-refractivity contribution in [1.82, 2.24) is 10.2 Å². The van der Waals surface area contributed by atoms with Crippen LogP contribution < -0.4 is 4.74 Å². The molecule has 2 rings (SSSR count). The molecule has 0 spiro atoms. The lowest BCUT2D eigenvalue weighted by Gasteiger charge is -2.04. The molecule has 0 saturated carbocycles. The van der Waals surface area contributed by atoms with E-state index in [1.807, 2.05) is 49.4 Å². The molecule has 15 heavy (non-hydrogen) atoms. The minimum absolute atomic E-state index is 0.526. The zero-order valence-electron chi connectivity index (χ0n) is 8.55. The number of aryl methyl sites for hydroxylation is 1. The fourth-order valence-electron chi connectivity index (χ4n) is 1.20. The summed E-state index contributed by atoms with van der Waals surface area (Å²) in [7, 11) is 0. The van der Waals surface area contributed by atoms with Gasteiger partial charge in [-0.1, -0.05) is 30.3 Å². The Bertz CT molecular complexity index is 411. The van der Waals surface area contributed by atoms with Crippen molar-refractivity contribution in [3.05, 3.63) is 53.7 Å². The van der Waals surface area contributed by atoms with Gasteiger partial charge in [0.05, 0.1) is 5.69 Å². The lowest BCUT2D eigenvalue weighted by Crippen LogP contribution is -1.98. The van der Waals surface area contributed by atoms with Crippen LogP contribution >= 0.6 is 0 Å². The van der Waals surface area contributed by atoms with Gasteiger partial charge in [-0.2, -0.15) is 5.10 Å². The van der Waals surface area contributed by atoms with Gasteiger partial charge >= 0.3 is 0 Å². The number of hydrogen-bond donors (Lipinski definition) is 0. The maximum absolute atomic E-state index is 5.47. The fraction of sp³-hybridized carbons (Fsp3) is 0.167. The van der Waals surface area contributed by atoms with Gasteiger partial charge in [-0.15, -0.1) is 5.10 Å². The summed E-state index contributed by atoms with van der Waals surface area (Å²) in [5.74, 6) is 0.560. The third-order valence-corrected chi connectivity index (χ3v) is 2.00. The van der Waals surface area contributed by atoms with Crippen LogP contribution in [-0.2, 0) is 6.61 Å². The molecular formula is C12H12N2O. The van der Waals surface area contributed by atoms with Crippen molar-refractivity contribution in [3.63, 3.8) is 0 Å². The number of hydrogen-bond acceptors (Lipinski definition) is 3. The largest absolute Gasteiger partial charge is 0.472 e. The van der Waals surface area contributed by atoms with Crippen molar-refractivity contribution < 1.29 is 4.74 Å². The summed E-state index contributed by atoms with van der Waals surface area (Å²) in [5.41, 5.74) is 2.02. The first kappa shape index (κ1) is 9.65. The van der Waals surface area contributed by atoms with Gasteiger partial charge in [-0.25, -0.2) is 0 Å². The Kier molecular flexibility index (Phi) is 2.93. The SMILES string of the molecule is Cc1ccc(OCc2ccccc2)nn1. The van der Waals surface area contributed by atoms with Gasteiger partial charge in [0.1, 0.15) is 6.61 Å². The zero-order valence-corrected chi connectivity index (χ0v) is 8.55. The molecule has 0 aliphatic rings. The van der Waals surface area contributed by atoms with E-state index >= 15 is 0 Å². The van der Waals surface area contributed by atoms with E-state index in [1.54, 1.807) is 0 Å². The molecule has 0 aliphatic carbocycles. The van der Waals surface area contributed by atoms with Crippen LogP contribution in [0.2, 0.25) is 0 Å². The molecular weight excluding hydrogens is 188 g/mol. The Morgan fingerprint density at radius 3 is 2.47 bits per heavy atom. The van der Waals surface area contributed by atoms with Crippen LogP contribution in [0.5, 0.6) is 5.88 Å².